The highest BCUT2D eigenvalue weighted by molar-refractivity contribution is 7.10. The highest BCUT2D eigenvalue weighted by Crippen LogP contribution is 2.28. The van der Waals surface area contributed by atoms with E-state index in [2.05, 4.69) is 24.8 Å². The van der Waals surface area contributed by atoms with Crippen molar-refractivity contribution in [3.63, 3.8) is 0 Å². The third kappa shape index (κ3) is 2.40. The van der Waals surface area contributed by atoms with E-state index in [1.165, 1.54) is 11.5 Å². The highest BCUT2D eigenvalue weighted by atomic mass is 32.1. The molecule has 4 heterocycles. The summed E-state index contributed by atoms with van der Waals surface area (Å²) < 4.78 is 7.69. The third-order valence-corrected chi connectivity index (χ3v) is 4.14. The van der Waals surface area contributed by atoms with Crippen LogP contribution in [0.4, 0.5) is 10.9 Å². The van der Waals surface area contributed by atoms with Crippen molar-refractivity contribution >= 4 is 33.5 Å². The van der Waals surface area contributed by atoms with Gasteiger partial charge < -0.3 is 15.0 Å². The SMILES string of the molecule is Cc1cc(Nc2nc(O)c3c(ccn3-c3cnn(C)c3)n2)sn1. The lowest BCUT2D eigenvalue weighted by Gasteiger charge is -2.05. The van der Waals surface area contributed by atoms with Crippen LogP contribution in [0.5, 0.6) is 5.88 Å². The summed E-state index contributed by atoms with van der Waals surface area (Å²) in [6, 6.07) is 3.73. The van der Waals surface area contributed by atoms with Crippen molar-refractivity contribution in [1.82, 2.24) is 28.7 Å². The molecule has 116 valence electrons. The first-order valence-corrected chi connectivity index (χ1v) is 7.65. The van der Waals surface area contributed by atoms with Crippen LogP contribution in [0.15, 0.2) is 30.7 Å². The standard InChI is InChI=1S/C14H13N7OS/c1-8-5-11(23-19-8)17-14-16-10-3-4-21(12(10)13(22)18-14)9-6-15-20(2)7-9/h3-7H,1-2H3,(H2,16,17,18,22). The lowest BCUT2D eigenvalue weighted by molar-refractivity contribution is 0.458. The number of hydrogen-bond acceptors (Lipinski definition) is 7. The van der Waals surface area contributed by atoms with Crippen molar-refractivity contribution in [1.29, 1.82) is 0 Å². The van der Waals surface area contributed by atoms with Gasteiger partial charge in [-0.3, -0.25) is 4.68 Å². The number of hydrogen-bond donors (Lipinski definition) is 2. The van der Waals surface area contributed by atoms with Crippen molar-refractivity contribution in [2.45, 2.75) is 6.92 Å². The maximum atomic E-state index is 10.3. The van der Waals surface area contributed by atoms with Gasteiger partial charge in [0.2, 0.25) is 11.8 Å². The smallest absolute Gasteiger partial charge is 0.241 e. The molecule has 0 saturated heterocycles. The van der Waals surface area contributed by atoms with E-state index in [1.54, 1.807) is 15.4 Å². The van der Waals surface area contributed by atoms with E-state index in [-0.39, 0.29) is 5.88 Å². The van der Waals surface area contributed by atoms with Crippen LogP contribution in [0.3, 0.4) is 0 Å². The molecule has 0 amide bonds. The first kappa shape index (κ1) is 13.7. The number of anilines is 2. The minimum Gasteiger partial charge on any atom is -0.492 e. The molecule has 0 atom stereocenters. The van der Waals surface area contributed by atoms with Gasteiger partial charge in [0.15, 0.2) is 0 Å². The van der Waals surface area contributed by atoms with Gasteiger partial charge in [-0.15, -0.1) is 0 Å². The second kappa shape index (κ2) is 5.06. The van der Waals surface area contributed by atoms with Crippen LogP contribution >= 0.6 is 11.5 Å². The Morgan fingerprint density at radius 2 is 2.17 bits per heavy atom. The number of aromatic nitrogens is 6. The largest absolute Gasteiger partial charge is 0.492 e. The van der Waals surface area contributed by atoms with E-state index in [4.69, 9.17) is 0 Å². The molecular weight excluding hydrogens is 314 g/mol. The van der Waals surface area contributed by atoms with Gasteiger partial charge in [0.05, 0.1) is 23.1 Å². The number of fused-ring (bicyclic) bond motifs is 1. The molecule has 2 N–H and O–H groups in total. The van der Waals surface area contributed by atoms with E-state index in [9.17, 15) is 5.11 Å². The molecule has 4 rings (SSSR count). The predicted molar refractivity (Wildman–Crippen MR) is 87.4 cm³/mol. The lowest BCUT2D eigenvalue weighted by atomic mass is 10.4. The molecule has 0 spiro atoms. The fourth-order valence-corrected chi connectivity index (χ4v) is 3.02. The predicted octanol–water partition coefficient (Wildman–Crippen LogP) is 2.37. The third-order valence-electron chi connectivity index (χ3n) is 3.35. The molecule has 0 aliphatic rings. The molecule has 4 aromatic rings. The van der Waals surface area contributed by atoms with Gasteiger partial charge in [0.1, 0.15) is 10.5 Å². The van der Waals surface area contributed by atoms with E-state index >= 15 is 0 Å². The Morgan fingerprint density at radius 3 is 2.87 bits per heavy atom. The van der Waals surface area contributed by atoms with Gasteiger partial charge in [-0.1, -0.05) is 0 Å². The summed E-state index contributed by atoms with van der Waals surface area (Å²) in [6.45, 7) is 1.91. The molecular formula is C14H13N7OS. The lowest BCUT2D eigenvalue weighted by Crippen LogP contribution is -1.98. The van der Waals surface area contributed by atoms with Crippen LogP contribution in [0.25, 0.3) is 16.7 Å². The van der Waals surface area contributed by atoms with Crippen LogP contribution in [0.1, 0.15) is 5.69 Å². The Morgan fingerprint density at radius 1 is 1.30 bits per heavy atom. The van der Waals surface area contributed by atoms with E-state index in [0.717, 1.165) is 16.4 Å². The van der Waals surface area contributed by atoms with E-state index in [1.807, 2.05) is 38.5 Å². The molecule has 0 unspecified atom stereocenters. The van der Waals surface area contributed by atoms with E-state index in [0.29, 0.717) is 17.0 Å². The van der Waals surface area contributed by atoms with Crippen LogP contribution in [0, 0.1) is 6.92 Å². The summed E-state index contributed by atoms with van der Waals surface area (Å²) >= 11 is 1.32. The van der Waals surface area contributed by atoms with Gasteiger partial charge in [0.25, 0.3) is 0 Å². The first-order valence-electron chi connectivity index (χ1n) is 6.87. The molecule has 8 nitrogen and oxygen atoms in total. The molecule has 4 aromatic heterocycles. The van der Waals surface area contributed by atoms with Crippen molar-refractivity contribution < 1.29 is 5.11 Å². The number of nitrogens with one attached hydrogen (secondary N) is 1. The van der Waals surface area contributed by atoms with Crippen LogP contribution in [-0.2, 0) is 7.05 Å². The van der Waals surface area contributed by atoms with Crippen molar-refractivity contribution in [2.75, 3.05) is 5.32 Å². The summed E-state index contributed by atoms with van der Waals surface area (Å²) in [6.07, 6.45) is 5.40. The summed E-state index contributed by atoms with van der Waals surface area (Å²) in [5, 5.41) is 18.3. The van der Waals surface area contributed by atoms with Crippen molar-refractivity contribution in [3.8, 4) is 11.6 Å². The van der Waals surface area contributed by atoms with Gasteiger partial charge >= 0.3 is 0 Å². The fourth-order valence-electron chi connectivity index (χ4n) is 2.36. The maximum Gasteiger partial charge on any atom is 0.241 e. The summed E-state index contributed by atoms with van der Waals surface area (Å²) in [5.74, 6) is 0.246. The second-order valence-corrected chi connectivity index (χ2v) is 5.93. The molecule has 0 saturated carbocycles. The summed E-state index contributed by atoms with van der Waals surface area (Å²) in [7, 11) is 1.84. The minimum absolute atomic E-state index is 0.0902. The van der Waals surface area contributed by atoms with Gasteiger partial charge in [-0.2, -0.15) is 14.5 Å². The first-order chi connectivity index (χ1) is 11.1. The van der Waals surface area contributed by atoms with E-state index < -0.39 is 0 Å². The normalized spacial score (nSPS) is 11.2. The number of aryl methyl sites for hydroxylation is 2. The number of nitrogens with zero attached hydrogens (tertiary/aromatic N) is 6. The second-order valence-electron chi connectivity index (χ2n) is 5.12. The van der Waals surface area contributed by atoms with Crippen molar-refractivity contribution in [2.24, 2.45) is 7.05 Å². The summed E-state index contributed by atoms with van der Waals surface area (Å²) in [4.78, 5) is 8.58. The maximum absolute atomic E-state index is 10.3. The molecule has 23 heavy (non-hydrogen) atoms. The molecule has 0 aromatic carbocycles. The minimum atomic E-state index is -0.0902. The molecule has 0 aliphatic heterocycles. The molecule has 0 fully saturated rings. The quantitative estimate of drug-likeness (QED) is 0.600. The Kier molecular flexibility index (Phi) is 3.01. The van der Waals surface area contributed by atoms with Crippen LogP contribution in [-0.4, -0.2) is 33.8 Å². The van der Waals surface area contributed by atoms with Crippen molar-refractivity contribution in [3.05, 3.63) is 36.4 Å². The monoisotopic (exact) mass is 327 g/mol. The van der Waals surface area contributed by atoms with Gasteiger partial charge in [-0.05, 0) is 30.6 Å². The summed E-state index contributed by atoms with van der Waals surface area (Å²) in [5.41, 5.74) is 2.94. The molecule has 0 aliphatic carbocycles. The Labute approximate surface area is 135 Å². The van der Waals surface area contributed by atoms with Gasteiger partial charge in [0, 0.05) is 19.4 Å². The number of rotatable bonds is 3. The van der Waals surface area contributed by atoms with Crippen LogP contribution < -0.4 is 5.32 Å². The number of aromatic hydroxyl groups is 1. The Hall–Kier alpha value is -2.94. The molecule has 0 bridgehead atoms. The van der Waals surface area contributed by atoms with Gasteiger partial charge in [-0.25, -0.2) is 4.98 Å². The zero-order chi connectivity index (χ0) is 16.0. The Balaban J connectivity index is 1.77. The zero-order valence-electron chi connectivity index (χ0n) is 12.4. The topological polar surface area (TPSA) is 93.7 Å². The highest BCUT2D eigenvalue weighted by Gasteiger charge is 2.14. The average molecular weight is 327 g/mol. The molecule has 0 radical (unpaired) electrons. The Bertz CT molecular complexity index is 1000. The zero-order valence-corrected chi connectivity index (χ0v) is 13.2. The molecule has 9 heteroatoms. The average Bonchev–Trinajstić information content (AvgIpc) is 3.19. The van der Waals surface area contributed by atoms with Crippen LogP contribution in [0.2, 0.25) is 0 Å². The fraction of sp³-hybridized carbons (Fsp3) is 0.143.